The van der Waals surface area contributed by atoms with Crippen LogP contribution in [-0.2, 0) is 6.42 Å². The second kappa shape index (κ2) is 6.77. The number of halogens is 2. The Hall–Kier alpha value is -1.78. The lowest BCUT2D eigenvalue weighted by Crippen LogP contribution is -1.76. The summed E-state index contributed by atoms with van der Waals surface area (Å²) in [5, 5.41) is 6.51. The molecule has 2 aromatic heterocycles. The fraction of sp³-hybridized carbons (Fsp3) is 0.158. The van der Waals surface area contributed by atoms with E-state index in [2.05, 4.69) is 12.3 Å². The average Bonchev–Trinajstić information content (AvgIpc) is 3.11. The molecule has 0 amide bonds. The summed E-state index contributed by atoms with van der Waals surface area (Å²) in [7, 11) is 0. The predicted octanol–water partition coefficient (Wildman–Crippen LogP) is 6.95. The number of aryl methyl sites for hydroxylation is 2. The van der Waals surface area contributed by atoms with Crippen molar-refractivity contribution in [2.75, 3.05) is 0 Å². The SMILES string of the molecule is CCc1csc2cc(F)ccc12.Cc1csc2cc(F)ccc12. The van der Waals surface area contributed by atoms with Crippen LogP contribution < -0.4 is 0 Å². The third-order valence-electron chi connectivity index (χ3n) is 3.73. The van der Waals surface area contributed by atoms with Crippen LogP contribution in [0.3, 0.4) is 0 Å². The third-order valence-corrected chi connectivity index (χ3v) is 5.79. The second-order valence-corrected chi connectivity index (χ2v) is 7.14. The molecule has 0 saturated carbocycles. The van der Waals surface area contributed by atoms with Crippen molar-refractivity contribution in [2.24, 2.45) is 0 Å². The normalized spacial score (nSPS) is 10.8. The Labute approximate surface area is 142 Å². The van der Waals surface area contributed by atoms with E-state index in [1.165, 1.54) is 28.6 Å². The summed E-state index contributed by atoms with van der Waals surface area (Å²) in [6.45, 7) is 4.15. The van der Waals surface area contributed by atoms with Crippen molar-refractivity contribution in [1.82, 2.24) is 0 Å². The van der Waals surface area contributed by atoms with Crippen LogP contribution in [0.4, 0.5) is 8.78 Å². The molecule has 0 bridgehead atoms. The largest absolute Gasteiger partial charge is 0.207 e. The molecule has 4 rings (SSSR count). The molecular weight excluding hydrogens is 330 g/mol. The molecule has 0 spiro atoms. The standard InChI is InChI=1S/C10H9FS.C9H7FS/c1-2-7-6-12-10-5-8(11)3-4-9(7)10;1-6-5-11-9-4-7(10)2-3-8(6)9/h3-6H,2H2,1H3;2-5H,1H3. The molecule has 0 aliphatic heterocycles. The van der Waals surface area contributed by atoms with Crippen LogP contribution in [0.25, 0.3) is 20.2 Å². The van der Waals surface area contributed by atoms with Gasteiger partial charge in [0.15, 0.2) is 0 Å². The lowest BCUT2D eigenvalue weighted by molar-refractivity contribution is 0.629. The Morgan fingerprint density at radius 2 is 1.39 bits per heavy atom. The molecular formula is C19H16F2S2. The molecule has 4 heteroatoms. The van der Waals surface area contributed by atoms with Gasteiger partial charge in [-0.05, 0) is 70.3 Å². The van der Waals surface area contributed by atoms with E-state index in [0.717, 1.165) is 21.2 Å². The maximum atomic E-state index is 12.8. The molecule has 0 aliphatic carbocycles. The maximum absolute atomic E-state index is 12.8. The number of hydrogen-bond acceptors (Lipinski definition) is 2. The molecule has 0 nitrogen and oxygen atoms in total. The van der Waals surface area contributed by atoms with Crippen molar-refractivity contribution in [3.8, 4) is 0 Å². The topological polar surface area (TPSA) is 0 Å². The van der Waals surface area contributed by atoms with Gasteiger partial charge in [-0.2, -0.15) is 0 Å². The highest BCUT2D eigenvalue weighted by atomic mass is 32.1. The van der Waals surface area contributed by atoms with Crippen LogP contribution in [-0.4, -0.2) is 0 Å². The van der Waals surface area contributed by atoms with E-state index in [1.807, 2.05) is 24.4 Å². The third kappa shape index (κ3) is 3.43. The van der Waals surface area contributed by atoms with Crippen molar-refractivity contribution in [3.05, 3.63) is 69.9 Å². The summed E-state index contributed by atoms with van der Waals surface area (Å²) in [5.74, 6) is -0.300. The summed E-state index contributed by atoms with van der Waals surface area (Å²) in [6.07, 6.45) is 1.02. The Bertz CT molecular complexity index is 950. The first-order valence-corrected chi connectivity index (χ1v) is 9.13. The van der Waals surface area contributed by atoms with E-state index < -0.39 is 0 Å². The van der Waals surface area contributed by atoms with E-state index >= 15 is 0 Å². The van der Waals surface area contributed by atoms with E-state index in [-0.39, 0.29) is 11.6 Å². The molecule has 2 heterocycles. The minimum atomic E-state index is -0.153. The fourth-order valence-corrected chi connectivity index (χ4v) is 4.50. The van der Waals surface area contributed by atoms with Crippen molar-refractivity contribution in [2.45, 2.75) is 20.3 Å². The van der Waals surface area contributed by atoms with Crippen LogP contribution >= 0.6 is 22.7 Å². The van der Waals surface area contributed by atoms with Crippen LogP contribution in [0.15, 0.2) is 47.2 Å². The Kier molecular flexibility index (Phi) is 4.74. The van der Waals surface area contributed by atoms with Crippen LogP contribution in [0, 0.1) is 18.6 Å². The van der Waals surface area contributed by atoms with Gasteiger partial charge in [-0.3, -0.25) is 0 Å². The number of rotatable bonds is 1. The highest BCUT2D eigenvalue weighted by molar-refractivity contribution is 7.17. The highest BCUT2D eigenvalue weighted by Gasteiger charge is 2.02. The number of benzene rings is 2. The summed E-state index contributed by atoms with van der Waals surface area (Å²) in [6, 6.07) is 9.89. The minimum Gasteiger partial charge on any atom is -0.207 e. The first-order valence-electron chi connectivity index (χ1n) is 7.37. The Balaban J connectivity index is 0.000000136. The highest BCUT2D eigenvalue weighted by Crippen LogP contribution is 2.27. The summed E-state index contributed by atoms with van der Waals surface area (Å²) < 4.78 is 27.5. The molecule has 2 aromatic carbocycles. The maximum Gasteiger partial charge on any atom is 0.124 e. The summed E-state index contributed by atoms with van der Waals surface area (Å²) >= 11 is 3.20. The average molecular weight is 346 g/mol. The van der Waals surface area contributed by atoms with Gasteiger partial charge in [0.2, 0.25) is 0 Å². The number of fused-ring (bicyclic) bond motifs is 2. The predicted molar refractivity (Wildman–Crippen MR) is 97.7 cm³/mol. The van der Waals surface area contributed by atoms with Crippen molar-refractivity contribution in [1.29, 1.82) is 0 Å². The van der Waals surface area contributed by atoms with Gasteiger partial charge in [-0.1, -0.05) is 19.1 Å². The zero-order valence-corrected chi connectivity index (χ0v) is 14.5. The van der Waals surface area contributed by atoms with Crippen LogP contribution in [0.5, 0.6) is 0 Å². The molecule has 0 unspecified atom stereocenters. The smallest absolute Gasteiger partial charge is 0.124 e. The van der Waals surface area contributed by atoms with Crippen molar-refractivity contribution in [3.63, 3.8) is 0 Å². The number of hydrogen-bond donors (Lipinski definition) is 0. The Morgan fingerprint density at radius 3 is 2.04 bits per heavy atom. The summed E-state index contributed by atoms with van der Waals surface area (Å²) in [4.78, 5) is 0. The van der Waals surface area contributed by atoms with Gasteiger partial charge in [0.05, 0.1) is 0 Å². The molecule has 0 aliphatic rings. The lowest BCUT2D eigenvalue weighted by atomic mass is 10.1. The molecule has 118 valence electrons. The van der Waals surface area contributed by atoms with Crippen LogP contribution in [0.1, 0.15) is 18.1 Å². The van der Waals surface area contributed by atoms with E-state index in [1.54, 1.807) is 34.8 Å². The van der Waals surface area contributed by atoms with Crippen LogP contribution in [0.2, 0.25) is 0 Å². The molecule has 23 heavy (non-hydrogen) atoms. The molecule has 0 saturated heterocycles. The van der Waals surface area contributed by atoms with Gasteiger partial charge in [-0.15, -0.1) is 22.7 Å². The number of thiophene rings is 2. The summed E-state index contributed by atoms with van der Waals surface area (Å²) in [5.41, 5.74) is 2.54. The zero-order valence-electron chi connectivity index (χ0n) is 12.9. The van der Waals surface area contributed by atoms with Gasteiger partial charge >= 0.3 is 0 Å². The van der Waals surface area contributed by atoms with Gasteiger partial charge in [0, 0.05) is 9.40 Å². The molecule has 0 radical (unpaired) electrons. The van der Waals surface area contributed by atoms with Crippen molar-refractivity contribution >= 4 is 42.8 Å². The Morgan fingerprint density at radius 1 is 0.826 bits per heavy atom. The first-order chi connectivity index (χ1) is 11.1. The van der Waals surface area contributed by atoms with E-state index in [4.69, 9.17) is 0 Å². The van der Waals surface area contributed by atoms with Crippen molar-refractivity contribution < 1.29 is 8.78 Å². The van der Waals surface area contributed by atoms with E-state index in [9.17, 15) is 8.78 Å². The van der Waals surface area contributed by atoms with E-state index in [0.29, 0.717) is 0 Å². The second-order valence-electron chi connectivity index (χ2n) is 5.31. The minimum absolute atomic E-state index is 0.146. The quantitative estimate of drug-likeness (QED) is 0.350. The molecule has 4 aromatic rings. The molecule has 0 atom stereocenters. The zero-order chi connectivity index (χ0) is 16.4. The molecule has 0 N–H and O–H groups in total. The monoisotopic (exact) mass is 346 g/mol. The fourth-order valence-electron chi connectivity index (χ4n) is 2.47. The van der Waals surface area contributed by atoms with Gasteiger partial charge in [0.1, 0.15) is 11.6 Å². The van der Waals surface area contributed by atoms with Gasteiger partial charge in [0.25, 0.3) is 0 Å². The van der Waals surface area contributed by atoms with Gasteiger partial charge < -0.3 is 0 Å². The first kappa shape index (κ1) is 16.1. The lowest BCUT2D eigenvalue weighted by Gasteiger charge is -1.92. The van der Waals surface area contributed by atoms with Gasteiger partial charge in [-0.25, -0.2) is 8.78 Å². The molecule has 0 fully saturated rings.